The van der Waals surface area contributed by atoms with Crippen molar-refractivity contribution in [3.63, 3.8) is 0 Å². The molecule has 0 heterocycles. The van der Waals surface area contributed by atoms with Gasteiger partial charge in [-0.15, -0.1) is 0 Å². The number of benzene rings is 2. The summed E-state index contributed by atoms with van der Waals surface area (Å²) in [6.45, 7) is 7.22. The first-order chi connectivity index (χ1) is 8.61. The van der Waals surface area contributed by atoms with Gasteiger partial charge in [-0.2, -0.15) is 0 Å². The SMILES string of the molecule is Cc1cc(C)c(-c2cccc(CCN)c2)c(C)c1. The minimum absolute atomic E-state index is 0.704. The van der Waals surface area contributed by atoms with E-state index < -0.39 is 0 Å². The smallest absolute Gasteiger partial charge is 0.00367 e. The van der Waals surface area contributed by atoms with Gasteiger partial charge in [-0.3, -0.25) is 0 Å². The van der Waals surface area contributed by atoms with E-state index in [1.165, 1.54) is 33.4 Å². The summed E-state index contributed by atoms with van der Waals surface area (Å²) in [6.07, 6.45) is 0.942. The minimum atomic E-state index is 0.704. The van der Waals surface area contributed by atoms with Gasteiger partial charge in [-0.05, 0) is 61.6 Å². The summed E-state index contributed by atoms with van der Waals surface area (Å²) in [6, 6.07) is 13.2. The Bertz CT molecular complexity index is 532. The first-order valence-corrected chi connectivity index (χ1v) is 6.49. The van der Waals surface area contributed by atoms with Gasteiger partial charge in [-0.1, -0.05) is 42.0 Å². The summed E-state index contributed by atoms with van der Waals surface area (Å²) >= 11 is 0. The van der Waals surface area contributed by atoms with Gasteiger partial charge >= 0.3 is 0 Å². The molecular formula is C17H21N. The van der Waals surface area contributed by atoms with Crippen molar-refractivity contribution < 1.29 is 0 Å². The Hall–Kier alpha value is -1.60. The van der Waals surface area contributed by atoms with Crippen LogP contribution in [-0.2, 0) is 6.42 Å². The molecular weight excluding hydrogens is 218 g/mol. The predicted octanol–water partition coefficient (Wildman–Crippen LogP) is 3.78. The molecule has 0 spiro atoms. The molecule has 2 N–H and O–H groups in total. The molecule has 1 heteroatoms. The van der Waals surface area contributed by atoms with Crippen LogP contribution in [0, 0.1) is 20.8 Å². The lowest BCUT2D eigenvalue weighted by molar-refractivity contribution is 0.969. The number of aryl methyl sites for hydroxylation is 3. The maximum Gasteiger partial charge on any atom is -0.00367 e. The zero-order valence-corrected chi connectivity index (χ0v) is 11.5. The van der Waals surface area contributed by atoms with Crippen LogP contribution in [0.4, 0.5) is 0 Å². The molecule has 0 fully saturated rings. The van der Waals surface area contributed by atoms with E-state index in [0.717, 1.165) is 6.42 Å². The second kappa shape index (κ2) is 5.36. The molecule has 94 valence electrons. The number of hydrogen-bond acceptors (Lipinski definition) is 1. The van der Waals surface area contributed by atoms with Crippen LogP contribution in [0.15, 0.2) is 36.4 Å². The molecule has 0 aliphatic rings. The molecule has 0 amide bonds. The molecule has 0 aliphatic carbocycles. The maximum atomic E-state index is 5.63. The summed E-state index contributed by atoms with van der Waals surface area (Å²) in [5.74, 6) is 0. The van der Waals surface area contributed by atoms with Gasteiger partial charge in [0.05, 0.1) is 0 Å². The van der Waals surface area contributed by atoms with Crippen molar-refractivity contribution in [1.29, 1.82) is 0 Å². The van der Waals surface area contributed by atoms with Crippen molar-refractivity contribution in [3.05, 3.63) is 58.7 Å². The average molecular weight is 239 g/mol. The summed E-state index contributed by atoms with van der Waals surface area (Å²) in [5, 5.41) is 0. The number of nitrogens with two attached hydrogens (primary N) is 1. The Labute approximate surface area is 110 Å². The van der Waals surface area contributed by atoms with Crippen LogP contribution < -0.4 is 5.73 Å². The second-order valence-electron chi connectivity index (χ2n) is 5.01. The van der Waals surface area contributed by atoms with Crippen LogP contribution in [-0.4, -0.2) is 6.54 Å². The highest BCUT2D eigenvalue weighted by Gasteiger charge is 2.07. The fourth-order valence-electron chi connectivity index (χ4n) is 2.68. The van der Waals surface area contributed by atoms with E-state index in [1.54, 1.807) is 0 Å². The third-order valence-electron chi connectivity index (χ3n) is 3.33. The Kier molecular flexibility index (Phi) is 3.83. The van der Waals surface area contributed by atoms with Gasteiger partial charge in [-0.25, -0.2) is 0 Å². The molecule has 18 heavy (non-hydrogen) atoms. The Morgan fingerprint density at radius 1 is 0.944 bits per heavy atom. The normalized spacial score (nSPS) is 10.7. The molecule has 2 aromatic rings. The topological polar surface area (TPSA) is 26.0 Å². The summed E-state index contributed by atoms with van der Waals surface area (Å²) in [4.78, 5) is 0. The summed E-state index contributed by atoms with van der Waals surface area (Å²) < 4.78 is 0. The van der Waals surface area contributed by atoms with Crippen molar-refractivity contribution in [2.75, 3.05) is 6.54 Å². The number of rotatable bonds is 3. The van der Waals surface area contributed by atoms with Crippen molar-refractivity contribution >= 4 is 0 Å². The molecule has 2 aromatic carbocycles. The van der Waals surface area contributed by atoms with E-state index in [2.05, 4.69) is 57.2 Å². The van der Waals surface area contributed by atoms with E-state index >= 15 is 0 Å². The standard InChI is InChI=1S/C17H21N/c1-12-9-13(2)17(14(3)10-12)16-6-4-5-15(11-16)7-8-18/h4-6,9-11H,7-8,18H2,1-3H3. The highest BCUT2D eigenvalue weighted by molar-refractivity contribution is 5.71. The van der Waals surface area contributed by atoms with Crippen LogP contribution in [0.2, 0.25) is 0 Å². The molecule has 0 bridgehead atoms. The number of hydrogen-bond donors (Lipinski definition) is 1. The van der Waals surface area contributed by atoms with E-state index in [-0.39, 0.29) is 0 Å². The predicted molar refractivity (Wildman–Crippen MR) is 78.8 cm³/mol. The van der Waals surface area contributed by atoms with Gasteiger partial charge in [0, 0.05) is 0 Å². The lowest BCUT2D eigenvalue weighted by atomic mass is 9.92. The highest BCUT2D eigenvalue weighted by Crippen LogP contribution is 2.28. The van der Waals surface area contributed by atoms with Gasteiger partial charge in [0.2, 0.25) is 0 Å². The van der Waals surface area contributed by atoms with Crippen molar-refractivity contribution in [2.24, 2.45) is 5.73 Å². The lowest BCUT2D eigenvalue weighted by Crippen LogP contribution is -2.02. The first kappa shape index (κ1) is 12.8. The van der Waals surface area contributed by atoms with Crippen LogP contribution in [0.1, 0.15) is 22.3 Å². The molecule has 0 unspecified atom stereocenters. The molecule has 0 radical (unpaired) electrons. The highest BCUT2D eigenvalue weighted by atomic mass is 14.5. The first-order valence-electron chi connectivity index (χ1n) is 6.49. The maximum absolute atomic E-state index is 5.63. The monoisotopic (exact) mass is 239 g/mol. The molecule has 0 saturated heterocycles. The van der Waals surface area contributed by atoms with Crippen molar-refractivity contribution in [2.45, 2.75) is 27.2 Å². The Balaban J connectivity index is 2.51. The third-order valence-corrected chi connectivity index (χ3v) is 3.33. The molecule has 1 nitrogen and oxygen atoms in total. The quantitative estimate of drug-likeness (QED) is 0.866. The van der Waals surface area contributed by atoms with Gasteiger partial charge in [0.25, 0.3) is 0 Å². The van der Waals surface area contributed by atoms with E-state index in [1.807, 2.05) is 0 Å². The second-order valence-corrected chi connectivity index (χ2v) is 5.01. The fraction of sp³-hybridized carbons (Fsp3) is 0.294. The Morgan fingerprint density at radius 3 is 2.22 bits per heavy atom. The summed E-state index contributed by atoms with van der Waals surface area (Å²) in [7, 11) is 0. The zero-order chi connectivity index (χ0) is 13.1. The minimum Gasteiger partial charge on any atom is -0.330 e. The van der Waals surface area contributed by atoms with Crippen LogP contribution in [0.25, 0.3) is 11.1 Å². The van der Waals surface area contributed by atoms with Crippen molar-refractivity contribution in [3.8, 4) is 11.1 Å². The van der Waals surface area contributed by atoms with Crippen LogP contribution in [0.3, 0.4) is 0 Å². The largest absolute Gasteiger partial charge is 0.330 e. The van der Waals surface area contributed by atoms with Crippen LogP contribution in [0.5, 0.6) is 0 Å². The fourth-order valence-corrected chi connectivity index (χ4v) is 2.68. The van der Waals surface area contributed by atoms with E-state index in [4.69, 9.17) is 5.73 Å². The van der Waals surface area contributed by atoms with Crippen molar-refractivity contribution in [1.82, 2.24) is 0 Å². The lowest BCUT2D eigenvalue weighted by Gasteiger charge is -2.12. The van der Waals surface area contributed by atoms with Crippen LogP contribution >= 0.6 is 0 Å². The van der Waals surface area contributed by atoms with Gasteiger partial charge < -0.3 is 5.73 Å². The third kappa shape index (κ3) is 2.62. The molecule has 0 saturated carbocycles. The Morgan fingerprint density at radius 2 is 1.61 bits per heavy atom. The average Bonchev–Trinajstić information content (AvgIpc) is 2.28. The zero-order valence-electron chi connectivity index (χ0n) is 11.5. The van der Waals surface area contributed by atoms with Gasteiger partial charge in [0.1, 0.15) is 0 Å². The molecule has 0 atom stereocenters. The molecule has 0 aliphatic heterocycles. The summed E-state index contributed by atoms with van der Waals surface area (Å²) in [5.41, 5.74) is 13.6. The van der Waals surface area contributed by atoms with E-state index in [0.29, 0.717) is 6.54 Å². The molecule has 2 rings (SSSR count). The van der Waals surface area contributed by atoms with E-state index in [9.17, 15) is 0 Å². The van der Waals surface area contributed by atoms with Gasteiger partial charge in [0.15, 0.2) is 0 Å². The molecule has 0 aromatic heterocycles.